The predicted octanol–water partition coefficient (Wildman–Crippen LogP) is 3.62. The summed E-state index contributed by atoms with van der Waals surface area (Å²) in [5.41, 5.74) is 2.77. The van der Waals surface area contributed by atoms with Gasteiger partial charge >= 0.3 is 5.97 Å². The average Bonchev–Trinajstić information content (AvgIpc) is 3.73. The molecule has 0 unspecified atom stereocenters. The SMILES string of the molecule is CCOC(=O)CN(C(=O)C1CC1)c1ccc(NC(=O)c2ccc(N3CCB(C#N)CC3)cc2)cc1. The van der Waals surface area contributed by atoms with E-state index in [0.29, 0.717) is 16.9 Å². The second-order valence-electron chi connectivity index (χ2n) is 8.94. The Balaban J connectivity index is 1.37. The molecule has 2 amide bonds. The number of hydrogen-bond donors (Lipinski definition) is 1. The molecule has 1 saturated carbocycles. The monoisotopic (exact) mass is 472 g/mol. The molecule has 1 saturated heterocycles. The zero-order valence-corrected chi connectivity index (χ0v) is 19.9. The summed E-state index contributed by atoms with van der Waals surface area (Å²) in [5.74, 6) is 1.55. The number of hydrogen-bond acceptors (Lipinski definition) is 6. The van der Waals surface area contributed by atoms with Gasteiger partial charge in [-0.2, -0.15) is 0 Å². The van der Waals surface area contributed by atoms with Crippen LogP contribution in [0.15, 0.2) is 48.5 Å². The summed E-state index contributed by atoms with van der Waals surface area (Å²) in [7, 11) is 0. The molecule has 0 radical (unpaired) electrons. The molecule has 1 aliphatic carbocycles. The number of esters is 1. The number of rotatable bonds is 8. The van der Waals surface area contributed by atoms with Crippen molar-refractivity contribution in [1.29, 1.82) is 5.26 Å². The van der Waals surface area contributed by atoms with Crippen molar-refractivity contribution < 1.29 is 19.1 Å². The van der Waals surface area contributed by atoms with Crippen molar-refractivity contribution in [3.05, 3.63) is 54.1 Å². The molecule has 0 bridgehead atoms. The molecule has 2 fully saturated rings. The van der Waals surface area contributed by atoms with Crippen LogP contribution in [0.2, 0.25) is 12.6 Å². The number of carbonyl (C=O) groups is 3. The lowest BCUT2D eigenvalue weighted by atomic mass is 9.45. The molecule has 4 rings (SSSR count). The topological polar surface area (TPSA) is 103 Å². The van der Waals surface area contributed by atoms with E-state index in [0.717, 1.165) is 44.3 Å². The highest BCUT2D eigenvalue weighted by molar-refractivity contribution is 6.67. The number of benzene rings is 2. The molecule has 8 nitrogen and oxygen atoms in total. The molecule has 2 aromatic carbocycles. The Labute approximate surface area is 205 Å². The minimum atomic E-state index is -0.447. The molecular weight excluding hydrogens is 443 g/mol. The van der Waals surface area contributed by atoms with Crippen LogP contribution in [0.25, 0.3) is 0 Å². The van der Waals surface area contributed by atoms with Crippen molar-refractivity contribution in [3.63, 3.8) is 0 Å². The molecule has 180 valence electrons. The molecule has 9 heteroatoms. The molecule has 0 spiro atoms. The Morgan fingerprint density at radius 2 is 1.74 bits per heavy atom. The van der Waals surface area contributed by atoms with Crippen molar-refractivity contribution in [1.82, 2.24) is 0 Å². The van der Waals surface area contributed by atoms with Gasteiger partial charge in [-0.25, -0.2) is 5.26 Å². The lowest BCUT2D eigenvalue weighted by Crippen LogP contribution is -2.37. The fourth-order valence-corrected chi connectivity index (χ4v) is 4.20. The normalized spacial score (nSPS) is 15.2. The lowest BCUT2D eigenvalue weighted by molar-refractivity contribution is -0.142. The van der Waals surface area contributed by atoms with Crippen molar-refractivity contribution >= 4 is 41.6 Å². The third kappa shape index (κ3) is 6.21. The quantitative estimate of drug-likeness (QED) is 0.465. The maximum absolute atomic E-state index is 12.7. The van der Waals surface area contributed by atoms with Gasteiger partial charge in [0.15, 0.2) is 0 Å². The molecule has 1 heterocycles. The first-order valence-electron chi connectivity index (χ1n) is 12.1. The van der Waals surface area contributed by atoms with Crippen LogP contribution in [0.4, 0.5) is 17.1 Å². The number of ether oxygens (including phenoxy) is 1. The van der Waals surface area contributed by atoms with Gasteiger partial charge in [0.1, 0.15) is 6.54 Å². The van der Waals surface area contributed by atoms with Gasteiger partial charge in [-0.05, 0) is 80.9 Å². The van der Waals surface area contributed by atoms with E-state index in [4.69, 9.17) is 10.00 Å². The van der Waals surface area contributed by atoms with Gasteiger partial charge in [0.25, 0.3) is 12.6 Å². The fraction of sp³-hybridized carbons (Fsp3) is 0.385. The van der Waals surface area contributed by atoms with Crippen LogP contribution >= 0.6 is 0 Å². The summed E-state index contributed by atoms with van der Waals surface area (Å²) in [6.45, 7) is 3.67. The van der Waals surface area contributed by atoms with Gasteiger partial charge < -0.3 is 19.9 Å². The second kappa shape index (κ2) is 11.1. The predicted molar refractivity (Wildman–Crippen MR) is 136 cm³/mol. The second-order valence-corrected chi connectivity index (χ2v) is 8.94. The lowest BCUT2D eigenvalue weighted by Gasteiger charge is -2.30. The summed E-state index contributed by atoms with van der Waals surface area (Å²) in [6, 6.07) is 14.4. The molecule has 2 aliphatic rings. The van der Waals surface area contributed by atoms with Gasteiger partial charge in [0.2, 0.25) is 5.91 Å². The maximum atomic E-state index is 12.7. The minimum absolute atomic E-state index is 0.0375. The molecule has 0 atom stereocenters. The largest absolute Gasteiger partial charge is 0.465 e. The van der Waals surface area contributed by atoms with Crippen LogP contribution in [0, 0.1) is 17.1 Å². The van der Waals surface area contributed by atoms with Gasteiger partial charge in [-0.1, -0.05) is 0 Å². The Morgan fingerprint density at radius 1 is 1.09 bits per heavy atom. The highest BCUT2D eigenvalue weighted by atomic mass is 16.5. The maximum Gasteiger partial charge on any atom is 0.326 e. The summed E-state index contributed by atoms with van der Waals surface area (Å²) in [4.78, 5) is 41.1. The van der Waals surface area contributed by atoms with Crippen LogP contribution in [-0.2, 0) is 14.3 Å². The smallest absolute Gasteiger partial charge is 0.326 e. The van der Waals surface area contributed by atoms with Crippen LogP contribution in [0.1, 0.15) is 30.1 Å². The average molecular weight is 472 g/mol. The number of anilines is 3. The van der Waals surface area contributed by atoms with Crippen LogP contribution < -0.4 is 15.1 Å². The van der Waals surface area contributed by atoms with E-state index in [1.807, 2.05) is 12.1 Å². The van der Waals surface area contributed by atoms with E-state index in [1.165, 1.54) is 4.90 Å². The van der Waals surface area contributed by atoms with E-state index in [2.05, 4.69) is 16.2 Å². The Hall–Kier alpha value is -3.80. The highest BCUT2D eigenvalue weighted by Crippen LogP contribution is 2.33. The van der Waals surface area contributed by atoms with E-state index in [1.54, 1.807) is 43.3 Å². The number of amides is 2. The first kappa shape index (κ1) is 24.3. The zero-order chi connectivity index (χ0) is 24.8. The summed E-state index contributed by atoms with van der Waals surface area (Å²) >= 11 is 0. The summed E-state index contributed by atoms with van der Waals surface area (Å²) in [6.07, 6.45) is 3.39. The first-order chi connectivity index (χ1) is 17.0. The third-order valence-corrected chi connectivity index (χ3v) is 6.39. The van der Waals surface area contributed by atoms with E-state index >= 15 is 0 Å². The molecular formula is C26H29BN4O4. The van der Waals surface area contributed by atoms with E-state index in [-0.39, 0.29) is 37.6 Å². The van der Waals surface area contributed by atoms with Gasteiger partial charge in [-0.15, -0.1) is 0 Å². The van der Waals surface area contributed by atoms with Crippen molar-refractivity contribution in [2.24, 2.45) is 5.92 Å². The van der Waals surface area contributed by atoms with E-state index < -0.39 is 5.97 Å². The minimum Gasteiger partial charge on any atom is -0.465 e. The molecule has 2 aromatic rings. The first-order valence-corrected chi connectivity index (χ1v) is 12.1. The van der Waals surface area contributed by atoms with Crippen molar-refractivity contribution in [2.75, 3.05) is 41.4 Å². The highest BCUT2D eigenvalue weighted by Gasteiger charge is 2.35. The van der Waals surface area contributed by atoms with Crippen LogP contribution in [0.5, 0.6) is 0 Å². The Morgan fingerprint density at radius 3 is 2.31 bits per heavy atom. The number of carbonyl (C=O) groups excluding carboxylic acids is 3. The van der Waals surface area contributed by atoms with Crippen molar-refractivity contribution in [2.45, 2.75) is 32.4 Å². The standard InChI is InChI=1S/C26H29BN4O4/c1-2-35-24(32)17-31(26(34)20-3-4-20)23-11-7-21(8-12-23)29-25(33)19-5-9-22(10-6-19)30-15-13-27(18-28)14-16-30/h5-12,20H,2-4,13-17H2,1H3,(H,29,33). The number of nitriles is 1. The molecule has 1 N–H and O–H groups in total. The van der Waals surface area contributed by atoms with Crippen LogP contribution in [-0.4, -0.2) is 50.7 Å². The zero-order valence-electron chi connectivity index (χ0n) is 19.9. The fourth-order valence-electron chi connectivity index (χ4n) is 4.20. The van der Waals surface area contributed by atoms with Gasteiger partial charge in [0, 0.05) is 47.6 Å². The van der Waals surface area contributed by atoms with Crippen molar-refractivity contribution in [3.8, 4) is 5.97 Å². The van der Waals surface area contributed by atoms with Gasteiger partial charge in [0.05, 0.1) is 6.61 Å². The van der Waals surface area contributed by atoms with E-state index in [9.17, 15) is 14.4 Å². The van der Waals surface area contributed by atoms with Crippen LogP contribution in [0.3, 0.4) is 0 Å². The Bertz CT molecular complexity index is 1100. The Kier molecular flexibility index (Phi) is 7.71. The molecule has 1 aliphatic heterocycles. The molecule has 35 heavy (non-hydrogen) atoms. The third-order valence-electron chi connectivity index (χ3n) is 6.39. The summed E-state index contributed by atoms with van der Waals surface area (Å²) in [5, 5.41) is 11.9. The number of nitrogens with zero attached hydrogens (tertiary/aromatic N) is 3. The summed E-state index contributed by atoms with van der Waals surface area (Å²) < 4.78 is 5.02. The van der Waals surface area contributed by atoms with Gasteiger partial charge in [-0.3, -0.25) is 14.4 Å². The molecule has 0 aromatic heterocycles. The number of nitrogens with one attached hydrogen (secondary N) is 1.